The summed E-state index contributed by atoms with van der Waals surface area (Å²) < 4.78 is 77.9. The molecule has 42 heteroatoms. The van der Waals surface area contributed by atoms with Crippen molar-refractivity contribution < 1.29 is 36.3 Å². The highest BCUT2D eigenvalue weighted by atomic mass is 35.5. The van der Waals surface area contributed by atoms with E-state index in [4.69, 9.17) is 143 Å². The molecular weight excluding hydrogens is 2030 g/mol. The van der Waals surface area contributed by atoms with E-state index >= 15 is 8.78 Å². The normalized spacial score (nSPS) is 16.6. The molecule has 3 aromatic carbocycles. The summed E-state index contributed by atoms with van der Waals surface area (Å²) in [6.45, 7) is 40.5. The van der Waals surface area contributed by atoms with Gasteiger partial charge in [0.25, 0.3) is 16.7 Å². The van der Waals surface area contributed by atoms with Gasteiger partial charge in [-0.25, -0.2) is 36.9 Å². The van der Waals surface area contributed by atoms with Crippen LogP contribution in [-0.2, 0) is 14.4 Å². The molecule has 6 atom stereocenters. The van der Waals surface area contributed by atoms with Crippen LogP contribution in [0.2, 0.25) is 50.2 Å². The number of nitrogens with zero attached hydrogens (tertiary/aromatic N) is 18. The van der Waals surface area contributed by atoms with Crippen LogP contribution in [0.1, 0.15) is 151 Å². The standard InChI is InChI=1S/2C33H30Cl4FN7O2.C33H30Cl2F3N7O2/c2*1-7-21(46)44-16(5)12-43(13-17(44)6)31-18-10-20(34)29(22-23(35)26(38)24(36)25(37)27(22)40)42-32(18)45(33(47)19(31)11-39)30-15(4)8-9-41-28(30)14(2)3;1-7-21(46)44-16(5)12-43(13-17(44)6)31-18-10-20(34)29(22-23(35)24(36)25(37)26(38)27(22)40)42-32(18)45(33(47)19(31)11-39)30-15(4)8-9-41-28(30)14(2)3/h3*7-10,14,16-17H,1,12-13,40H2,2-6H3/t3*16-,17+. The second kappa shape index (κ2) is 41.7. The number of nitrogen functional groups attached to an aromatic ring is 3. The number of rotatable bonds is 15. The number of hydrogen-bond acceptors (Lipinski definition) is 21. The first-order chi connectivity index (χ1) is 66.5. The summed E-state index contributed by atoms with van der Waals surface area (Å²) in [5, 5.41) is 29.1. The van der Waals surface area contributed by atoms with Crippen LogP contribution in [0, 0.1) is 83.9 Å². The zero-order valence-corrected chi connectivity index (χ0v) is 85.9. The SMILES string of the molecule is C=CC(=O)N1[C@H](C)CN(c2c(C#N)c(=O)n(-c3c(C)ccnc3C(C)C)c3nc(-c4c(N)c(Cl)c(Cl)c(F)c4Cl)c(Cl)cc23)C[C@@H]1C.C=CC(=O)N1[C@H](C)CN(c2c(C#N)c(=O)n(-c3c(C)ccnc3C(C)C)c3nc(-c4c(N)c(Cl)c(Cl)c(F)c4Cl)c(Cl)cc23)C[C@@H]1C.C=CC(=O)N1[C@H](C)CN(c2c(C#N)c(=O)n(-c3c(C)ccnc3C(C)C)c3nc(-c4c(N)c(F)c(F)c(F)c4Cl)c(Cl)cc23)C[C@@H]1C. The van der Waals surface area contributed by atoms with Gasteiger partial charge in [-0.2, -0.15) is 15.8 Å². The third-order valence-electron chi connectivity index (χ3n) is 25.0. The zero-order chi connectivity index (χ0) is 104. The van der Waals surface area contributed by atoms with Crippen molar-refractivity contribution in [1.29, 1.82) is 15.8 Å². The number of carbonyl (C=O) groups is 3. The Kier molecular flexibility index (Phi) is 31.3. The first kappa shape index (κ1) is 106. The number of nitriles is 3. The molecule has 0 saturated carbocycles. The van der Waals surface area contributed by atoms with Gasteiger partial charge in [0.2, 0.25) is 17.7 Å². The van der Waals surface area contributed by atoms with Gasteiger partial charge in [-0.15, -0.1) is 0 Å². The lowest BCUT2D eigenvalue weighted by Crippen LogP contribution is -2.58. The summed E-state index contributed by atoms with van der Waals surface area (Å²) >= 11 is 64.2. The molecule has 3 fully saturated rings. The van der Waals surface area contributed by atoms with Gasteiger partial charge < -0.3 is 46.6 Å². The molecule has 12 heterocycles. The van der Waals surface area contributed by atoms with E-state index < -0.39 is 82.1 Å². The van der Waals surface area contributed by atoms with Crippen LogP contribution in [0.5, 0.6) is 0 Å². The van der Waals surface area contributed by atoms with Gasteiger partial charge in [0.05, 0.1) is 136 Å². The van der Waals surface area contributed by atoms with Crippen molar-refractivity contribution >= 4 is 201 Å². The number of aryl methyl sites for hydroxylation is 3. The Balaban J connectivity index is 0.000000178. The van der Waals surface area contributed by atoms with Crippen molar-refractivity contribution in [3.8, 4) is 69.0 Å². The van der Waals surface area contributed by atoms with E-state index in [0.717, 1.165) is 0 Å². The number of hydrogen-bond donors (Lipinski definition) is 3. The Morgan fingerprint density at radius 1 is 0.383 bits per heavy atom. The first-order valence-corrected chi connectivity index (χ1v) is 47.6. The molecule has 0 bridgehead atoms. The van der Waals surface area contributed by atoms with Gasteiger partial charge in [-0.3, -0.25) is 57.4 Å². The van der Waals surface area contributed by atoms with Crippen LogP contribution in [0.15, 0.2) is 107 Å². The van der Waals surface area contributed by atoms with E-state index in [1.165, 1.54) is 38.0 Å². The van der Waals surface area contributed by atoms with Gasteiger partial charge in [-0.05, 0) is 151 Å². The van der Waals surface area contributed by atoms with Crippen molar-refractivity contribution in [2.75, 3.05) is 71.2 Å². The molecular formula is C99H90Cl10F5N21O6. The molecule has 3 aliphatic heterocycles. The van der Waals surface area contributed by atoms with Crippen molar-refractivity contribution in [1.82, 2.24) is 58.3 Å². The topological polar surface area (TPSA) is 363 Å². The Labute approximate surface area is 856 Å². The summed E-state index contributed by atoms with van der Waals surface area (Å²) in [4.78, 5) is 120. The van der Waals surface area contributed by atoms with E-state index in [1.54, 1.807) is 70.5 Å². The quantitative estimate of drug-likeness (QED) is 0.0282. The fraction of sp³-hybridized carbons (Fsp3) is 0.303. The predicted octanol–water partition coefficient (Wildman–Crippen LogP) is 22.1. The molecule has 0 aliphatic carbocycles. The number of fused-ring (bicyclic) bond motifs is 3. The molecule has 9 aromatic heterocycles. The number of carbonyl (C=O) groups excluding carboxylic acids is 3. The summed E-state index contributed by atoms with van der Waals surface area (Å²) in [6, 6.07) is 14.1. The van der Waals surface area contributed by atoms with Gasteiger partial charge in [-0.1, -0.05) is 177 Å². The van der Waals surface area contributed by atoms with Crippen molar-refractivity contribution in [3.05, 3.63) is 254 Å². The molecule has 3 saturated heterocycles. The summed E-state index contributed by atoms with van der Waals surface area (Å²) in [5.41, 5.74) is 19.4. The third-order valence-corrected chi connectivity index (χ3v) is 28.6. The summed E-state index contributed by atoms with van der Waals surface area (Å²) in [5.74, 6) is -8.43. The number of nitrogens with two attached hydrogens (primary N) is 3. The maximum absolute atomic E-state index is 15.1. The van der Waals surface area contributed by atoms with Crippen LogP contribution in [0.4, 0.5) is 56.1 Å². The van der Waals surface area contributed by atoms with Gasteiger partial charge in [0.15, 0.2) is 29.1 Å². The Hall–Kier alpha value is -12.4. The van der Waals surface area contributed by atoms with E-state index in [1.807, 2.05) is 112 Å². The average molecular weight is 2120 g/mol. The number of amides is 3. The molecule has 0 unspecified atom stereocenters. The molecule has 6 N–H and O–H groups in total. The molecule has 3 amide bonds. The molecule has 732 valence electrons. The Morgan fingerprint density at radius 2 is 0.624 bits per heavy atom. The fourth-order valence-electron chi connectivity index (χ4n) is 18.9. The van der Waals surface area contributed by atoms with E-state index in [9.17, 15) is 57.7 Å². The molecule has 141 heavy (non-hydrogen) atoms. The largest absolute Gasteiger partial charge is 0.397 e. The van der Waals surface area contributed by atoms with Crippen LogP contribution < -0.4 is 48.6 Å². The predicted molar refractivity (Wildman–Crippen MR) is 550 cm³/mol. The number of aromatic nitrogens is 9. The third kappa shape index (κ3) is 18.5. The minimum atomic E-state index is -1.86. The van der Waals surface area contributed by atoms with Gasteiger partial charge in [0.1, 0.15) is 51.8 Å². The fourth-order valence-corrected chi connectivity index (χ4v) is 21.3. The number of piperazine rings is 3. The second-order valence-electron chi connectivity index (χ2n) is 35.3. The maximum atomic E-state index is 15.1. The summed E-state index contributed by atoms with van der Waals surface area (Å²) in [7, 11) is 0. The zero-order valence-electron chi connectivity index (χ0n) is 78.4. The van der Waals surface area contributed by atoms with Crippen LogP contribution in [0.3, 0.4) is 0 Å². The van der Waals surface area contributed by atoms with Crippen LogP contribution in [-0.4, -0.2) is 152 Å². The lowest BCUT2D eigenvalue weighted by molar-refractivity contribution is -0.131. The minimum absolute atomic E-state index is 0.00668. The highest BCUT2D eigenvalue weighted by Crippen LogP contribution is 2.52. The lowest BCUT2D eigenvalue weighted by Gasteiger charge is -2.45. The number of anilines is 6. The summed E-state index contributed by atoms with van der Waals surface area (Å²) in [6.07, 6.45) is 8.62. The highest BCUT2D eigenvalue weighted by Gasteiger charge is 2.42. The highest BCUT2D eigenvalue weighted by molar-refractivity contribution is 6.48. The van der Waals surface area contributed by atoms with Gasteiger partial charge in [0, 0.05) is 127 Å². The Morgan fingerprint density at radius 3 is 0.858 bits per heavy atom. The smallest absolute Gasteiger partial charge is 0.276 e. The average Bonchev–Trinajstić information content (AvgIpc) is 0.725. The molecule has 12 aromatic rings. The molecule has 15 rings (SSSR count). The molecule has 27 nitrogen and oxygen atoms in total. The van der Waals surface area contributed by atoms with Crippen molar-refractivity contribution in [2.24, 2.45) is 0 Å². The van der Waals surface area contributed by atoms with E-state index in [0.29, 0.717) is 73.0 Å². The number of benzene rings is 3. The maximum Gasteiger partial charge on any atom is 0.276 e. The Bertz CT molecular complexity index is 6860. The molecule has 0 radical (unpaired) electrons. The van der Waals surface area contributed by atoms with E-state index in [2.05, 4.69) is 57.9 Å². The minimum Gasteiger partial charge on any atom is -0.397 e. The molecule has 0 spiro atoms. The van der Waals surface area contributed by atoms with Gasteiger partial charge >= 0.3 is 0 Å². The first-order valence-electron chi connectivity index (χ1n) is 43.9. The lowest BCUT2D eigenvalue weighted by atomic mass is 10.0. The van der Waals surface area contributed by atoms with Crippen LogP contribution in [0.25, 0.3) is 83.9 Å². The second-order valence-corrected chi connectivity index (χ2v) is 39.2. The van der Waals surface area contributed by atoms with E-state index in [-0.39, 0.29) is 220 Å². The van der Waals surface area contributed by atoms with Crippen molar-refractivity contribution in [2.45, 2.75) is 158 Å². The number of pyridine rings is 9. The van der Waals surface area contributed by atoms with Crippen LogP contribution >= 0.6 is 116 Å². The van der Waals surface area contributed by atoms with Crippen molar-refractivity contribution in [3.63, 3.8) is 0 Å². The number of halogens is 15. The molecule has 3 aliphatic rings. The monoisotopic (exact) mass is 2110 g/mol.